The van der Waals surface area contributed by atoms with Crippen molar-refractivity contribution in [3.63, 3.8) is 0 Å². The molecule has 0 heterocycles. The summed E-state index contributed by atoms with van der Waals surface area (Å²) in [7, 11) is 0. The van der Waals surface area contributed by atoms with Gasteiger partial charge in [0.15, 0.2) is 0 Å². The minimum absolute atomic E-state index is 0.0118. The zero-order valence-electron chi connectivity index (χ0n) is 33.5. The summed E-state index contributed by atoms with van der Waals surface area (Å²) in [6, 6.07) is 31.7. The van der Waals surface area contributed by atoms with Gasteiger partial charge in [0.1, 0.15) is 0 Å². The van der Waals surface area contributed by atoms with Gasteiger partial charge in [-0.25, -0.2) is 0 Å². The summed E-state index contributed by atoms with van der Waals surface area (Å²) in [4.78, 5) is 0. The Morgan fingerprint density at radius 1 is 0.440 bits per heavy atom. The van der Waals surface area contributed by atoms with Gasteiger partial charge in [-0.15, -0.1) is 0 Å². The largest absolute Gasteiger partial charge is 0.0619 e. The normalized spacial score (nSPS) is 23.8. The number of rotatable bonds is 4. The molecular weight excluding hydrogens is 601 g/mol. The third kappa shape index (κ3) is 6.44. The second-order valence-electron chi connectivity index (χ2n) is 21.0. The van der Waals surface area contributed by atoms with Gasteiger partial charge in [-0.05, 0) is 157 Å². The first kappa shape index (κ1) is 35.3. The molecule has 0 unspecified atom stereocenters. The molecule has 4 bridgehead atoms. The molecular formula is C50H64. The monoisotopic (exact) mass is 665 g/mol. The topological polar surface area (TPSA) is 0 Å². The lowest BCUT2D eigenvalue weighted by molar-refractivity contribution is -0.00514. The van der Waals surface area contributed by atoms with Gasteiger partial charge in [-0.1, -0.05) is 150 Å². The van der Waals surface area contributed by atoms with E-state index in [1.807, 2.05) is 0 Å². The summed E-state index contributed by atoms with van der Waals surface area (Å²) in [6.07, 6.45) is 8.50. The molecule has 0 atom stereocenters. The zero-order valence-corrected chi connectivity index (χ0v) is 33.5. The van der Waals surface area contributed by atoms with E-state index in [4.69, 9.17) is 0 Å². The highest BCUT2D eigenvalue weighted by Crippen LogP contribution is 2.62. The molecule has 264 valence electrons. The van der Waals surface area contributed by atoms with Crippen molar-refractivity contribution in [2.24, 2.45) is 17.8 Å². The van der Waals surface area contributed by atoms with Crippen LogP contribution in [0.15, 0.2) is 78.9 Å². The van der Waals surface area contributed by atoms with Gasteiger partial charge in [0.25, 0.3) is 0 Å². The highest BCUT2D eigenvalue weighted by atomic mass is 14.6. The number of hydrogen-bond donors (Lipinski definition) is 0. The zero-order chi connectivity index (χ0) is 36.0. The van der Waals surface area contributed by atoms with Crippen molar-refractivity contribution in [1.82, 2.24) is 0 Å². The van der Waals surface area contributed by atoms with E-state index in [-0.39, 0.29) is 27.1 Å². The lowest BCUT2D eigenvalue weighted by Crippen LogP contribution is -2.48. The minimum Gasteiger partial charge on any atom is -0.0619 e. The SMILES string of the molecule is CC(C)(C)c1cc(-c2c(-c3ccccc3C(C)(C)C)cc(C34CC5CC(CC(C5)C3)C4)cc2-c2ccccc2C(C)(C)C)cc(C(C)(C)C)c1. The van der Waals surface area contributed by atoms with Gasteiger partial charge < -0.3 is 0 Å². The van der Waals surface area contributed by atoms with Gasteiger partial charge in [-0.2, -0.15) is 0 Å². The Morgan fingerprint density at radius 3 is 1.18 bits per heavy atom. The van der Waals surface area contributed by atoms with Gasteiger partial charge in [-0.3, -0.25) is 0 Å². The van der Waals surface area contributed by atoms with Crippen LogP contribution in [0.4, 0.5) is 0 Å². The van der Waals surface area contributed by atoms with Crippen molar-refractivity contribution in [2.75, 3.05) is 0 Å². The molecule has 50 heavy (non-hydrogen) atoms. The van der Waals surface area contributed by atoms with Crippen molar-refractivity contribution < 1.29 is 0 Å². The fourth-order valence-corrected chi connectivity index (χ4v) is 10.5. The average Bonchev–Trinajstić information content (AvgIpc) is 3.01. The number of benzene rings is 4. The Labute approximate surface area is 305 Å². The fourth-order valence-electron chi connectivity index (χ4n) is 10.5. The van der Waals surface area contributed by atoms with Crippen molar-refractivity contribution in [2.45, 2.75) is 149 Å². The molecule has 0 aromatic heterocycles. The molecule has 0 heteroatoms. The van der Waals surface area contributed by atoms with Crippen molar-refractivity contribution >= 4 is 0 Å². The van der Waals surface area contributed by atoms with Crippen LogP contribution >= 0.6 is 0 Å². The van der Waals surface area contributed by atoms with Crippen molar-refractivity contribution in [3.05, 3.63) is 107 Å². The third-order valence-corrected chi connectivity index (χ3v) is 12.8. The quantitative estimate of drug-likeness (QED) is 0.204. The molecule has 0 N–H and O–H groups in total. The molecule has 4 aromatic rings. The summed E-state index contributed by atoms with van der Waals surface area (Å²) in [5.74, 6) is 2.69. The number of hydrogen-bond acceptors (Lipinski definition) is 0. The Hall–Kier alpha value is -3.12. The molecule has 4 aliphatic carbocycles. The highest BCUT2D eigenvalue weighted by molar-refractivity contribution is 5.97. The maximum Gasteiger partial charge on any atom is -0.00262 e. The van der Waals surface area contributed by atoms with Crippen LogP contribution in [0, 0.1) is 17.8 Å². The lowest BCUT2D eigenvalue weighted by atomic mass is 9.48. The van der Waals surface area contributed by atoms with Crippen molar-refractivity contribution in [1.29, 1.82) is 0 Å². The van der Waals surface area contributed by atoms with E-state index in [0.29, 0.717) is 0 Å². The first-order chi connectivity index (χ1) is 23.2. The Morgan fingerprint density at radius 2 is 0.820 bits per heavy atom. The molecule has 0 nitrogen and oxygen atoms in total. The van der Waals surface area contributed by atoms with Crippen LogP contribution in [0.25, 0.3) is 33.4 Å². The van der Waals surface area contributed by atoms with E-state index in [9.17, 15) is 0 Å². The fraction of sp³-hybridized carbons (Fsp3) is 0.520. The predicted molar refractivity (Wildman–Crippen MR) is 217 cm³/mol. The van der Waals surface area contributed by atoms with Crippen LogP contribution in [0.1, 0.15) is 149 Å². The molecule has 8 rings (SSSR count). The van der Waals surface area contributed by atoms with Crippen LogP contribution in [0.3, 0.4) is 0 Å². The van der Waals surface area contributed by atoms with Crippen molar-refractivity contribution in [3.8, 4) is 33.4 Å². The summed E-state index contributed by atoms with van der Waals surface area (Å²) >= 11 is 0. The van der Waals surface area contributed by atoms with E-state index in [2.05, 4.69) is 162 Å². The van der Waals surface area contributed by atoms with Crippen LogP contribution in [-0.2, 0) is 27.1 Å². The average molecular weight is 665 g/mol. The van der Waals surface area contributed by atoms with E-state index >= 15 is 0 Å². The van der Waals surface area contributed by atoms with Gasteiger partial charge >= 0.3 is 0 Å². The first-order valence-electron chi connectivity index (χ1n) is 19.8. The summed E-state index contributed by atoms with van der Waals surface area (Å²) < 4.78 is 0. The van der Waals surface area contributed by atoms with Gasteiger partial charge in [0.2, 0.25) is 0 Å². The Balaban J connectivity index is 1.65. The first-order valence-corrected chi connectivity index (χ1v) is 19.8. The predicted octanol–water partition coefficient (Wildman–Crippen LogP) is 14.3. The Kier molecular flexibility index (Phi) is 8.45. The molecule has 4 aromatic carbocycles. The summed E-state index contributed by atoms with van der Waals surface area (Å²) in [5.41, 5.74) is 16.1. The molecule has 0 amide bonds. The van der Waals surface area contributed by atoms with Gasteiger partial charge in [0, 0.05) is 0 Å². The second-order valence-corrected chi connectivity index (χ2v) is 21.0. The maximum atomic E-state index is 2.72. The molecule has 4 saturated carbocycles. The summed E-state index contributed by atoms with van der Waals surface area (Å²) in [5, 5.41) is 0. The molecule has 4 fully saturated rings. The smallest absolute Gasteiger partial charge is 0.00262 e. The van der Waals surface area contributed by atoms with Crippen LogP contribution in [0.5, 0.6) is 0 Å². The van der Waals surface area contributed by atoms with Crippen LogP contribution < -0.4 is 0 Å². The van der Waals surface area contributed by atoms with Crippen LogP contribution in [-0.4, -0.2) is 0 Å². The van der Waals surface area contributed by atoms with E-state index in [0.717, 1.165) is 17.8 Å². The molecule has 0 saturated heterocycles. The standard InChI is InChI=1S/C50H64/c1-46(2,3)36-24-35(25-37(26-36)47(4,5)6)45-41(39-17-13-15-19-43(39)48(7,8)9)27-38(50-29-32-21-33(30-50)23-34(22-32)31-50)28-42(45)40-18-14-16-20-44(40)49(10,11)12/h13-20,24-28,32-34H,21-23,29-31H2,1-12H3. The van der Waals surface area contributed by atoms with E-state index in [1.165, 1.54) is 94.2 Å². The molecule has 4 aliphatic rings. The second kappa shape index (κ2) is 12.0. The third-order valence-electron chi connectivity index (χ3n) is 12.8. The summed E-state index contributed by atoms with van der Waals surface area (Å²) in [6.45, 7) is 28.6. The van der Waals surface area contributed by atoms with E-state index in [1.54, 1.807) is 5.56 Å². The van der Waals surface area contributed by atoms with E-state index < -0.39 is 0 Å². The van der Waals surface area contributed by atoms with Crippen LogP contribution in [0.2, 0.25) is 0 Å². The molecule has 0 radical (unpaired) electrons. The minimum atomic E-state index is 0.0118. The highest BCUT2D eigenvalue weighted by Gasteiger charge is 2.52. The molecule has 0 spiro atoms. The van der Waals surface area contributed by atoms with Gasteiger partial charge in [0.05, 0.1) is 0 Å². The lowest BCUT2D eigenvalue weighted by Gasteiger charge is -2.57. The molecule has 0 aliphatic heterocycles. The Bertz CT molecular complexity index is 1760. The maximum absolute atomic E-state index is 2.72.